The van der Waals surface area contributed by atoms with Crippen LogP contribution in [0.3, 0.4) is 0 Å². The van der Waals surface area contributed by atoms with E-state index < -0.39 is 0 Å². The summed E-state index contributed by atoms with van der Waals surface area (Å²) in [5.74, 6) is 0.562. The second-order valence-corrected chi connectivity index (χ2v) is 5.15. The number of carbonyl (C=O) groups is 1. The zero-order valence-electron chi connectivity index (χ0n) is 13.2. The minimum atomic E-state index is -0.112. The van der Waals surface area contributed by atoms with Gasteiger partial charge >= 0.3 is 6.03 Å². The van der Waals surface area contributed by atoms with Gasteiger partial charge in [-0.25, -0.2) is 9.78 Å². The maximum atomic E-state index is 12.1. The highest BCUT2D eigenvalue weighted by molar-refractivity contribution is 5.73. The molecule has 0 saturated heterocycles. The molecule has 2 aromatic rings. The van der Waals surface area contributed by atoms with Crippen LogP contribution in [0, 0.1) is 6.92 Å². The number of aryl methyl sites for hydroxylation is 1. The number of carbonyl (C=O) groups excluding carboxylic acids is 1. The van der Waals surface area contributed by atoms with Crippen molar-refractivity contribution >= 4 is 6.03 Å². The Labute approximate surface area is 130 Å². The number of hydrogen-bond acceptors (Lipinski definition) is 3. The van der Waals surface area contributed by atoms with Crippen LogP contribution in [-0.4, -0.2) is 30.1 Å². The third kappa shape index (κ3) is 4.22. The van der Waals surface area contributed by atoms with E-state index in [1.807, 2.05) is 37.3 Å². The normalized spacial score (nSPS) is 10.1. The van der Waals surface area contributed by atoms with E-state index in [1.54, 1.807) is 31.3 Å². The second kappa shape index (κ2) is 7.45. The molecule has 0 radical (unpaired) electrons. The zero-order chi connectivity index (χ0) is 15.9. The molecule has 2 rings (SSSR count). The van der Waals surface area contributed by atoms with Gasteiger partial charge < -0.3 is 15.0 Å². The first-order valence-corrected chi connectivity index (χ1v) is 7.12. The first kappa shape index (κ1) is 15.8. The average Bonchev–Trinajstić information content (AvgIpc) is 2.55. The molecule has 0 saturated carbocycles. The van der Waals surface area contributed by atoms with E-state index in [0.29, 0.717) is 19.0 Å². The highest BCUT2D eigenvalue weighted by atomic mass is 16.5. The number of rotatable bonds is 5. The van der Waals surface area contributed by atoms with Crippen molar-refractivity contribution in [1.29, 1.82) is 0 Å². The fourth-order valence-corrected chi connectivity index (χ4v) is 2.06. The van der Waals surface area contributed by atoms with Crippen LogP contribution in [0.15, 0.2) is 42.6 Å². The standard InChI is InChI=1S/C17H21N3O2/c1-13-6-4-5-7-15(13)12-20(2)17(21)19-11-14-8-9-16(22-3)18-10-14/h4-10H,11-12H2,1-3H3,(H,19,21). The molecule has 2 amide bonds. The number of aromatic nitrogens is 1. The molecule has 0 spiro atoms. The SMILES string of the molecule is COc1ccc(CNC(=O)N(C)Cc2ccccc2C)cn1. The van der Waals surface area contributed by atoms with Crippen molar-refractivity contribution in [3.05, 3.63) is 59.3 Å². The number of amides is 2. The number of hydrogen-bond donors (Lipinski definition) is 1. The van der Waals surface area contributed by atoms with Crippen molar-refractivity contribution in [2.45, 2.75) is 20.0 Å². The van der Waals surface area contributed by atoms with Crippen molar-refractivity contribution in [3.63, 3.8) is 0 Å². The van der Waals surface area contributed by atoms with Gasteiger partial charge in [-0.3, -0.25) is 0 Å². The van der Waals surface area contributed by atoms with Gasteiger partial charge in [0, 0.05) is 32.4 Å². The van der Waals surface area contributed by atoms with Crippen molar-refractivity contribution in [1.82, 2.24) is 15.2 Å². The number of benzene rings is 1. The molecule has 0 bridgehead atoms. The maximum absolute atomic E-state index is 12.1. The summed E-state index contributed by atoms with van der Waals surface area (Å²) < 4.78 is 5.00. The van der Waals surface area contributed by atoms with Gasteiger partial charge in [-0.2, -0.15) is 0 Å². The van der Waals surface area contributed by atoms with Crippen molar-refractivity contribution in [2.24, 2.45) is 0 Å². The smallest absolute Gasteiger partial charge is 0.317 e. The van der Waals surface area contributed by atoms with Crippen LogP contribution in [0.4, 0.5) is 4.79 Å². The number of urea groups is 1. The molecular weight excluding hydrogens is 278 g/mol. The quantitative estimate of drug-likeness (QED) is 0.923. The van der Waals surface area contributed by atoms with Gasteiger partial charge in [-0.05, 0) is 23.6 Å². The maximum Gasteiger partial charge on any atom is 0.317 e. The predicted octanol–water partition coefficient (Wildman–Crippen LogP) is 2.74. The number of pyridine rings is 1. The van der Waals surface area contributed by atoms with Gasteiger partial charge in [0.2, 0.25) is 5.88 Å². The molecule has 1 heterocycles. The Morgan fingerprint density at radius 3 is 2.68 bits per heavy atom. The van der Waals surface area contributed by atoms with Crippen LogP contribution in [0.25, 0.3) is 0 Å². The third-order valence-corrected chi connectivity index (χ3v) is 3.47. The zero-order valence-corrected chi connectivity index (χ0v) is 13.2. The first-order valence-electron chi connectivity index (χ1n) is 7.12. The van der Waals surface area contributed by atoms with Crippen molar-refractivity contribution in [3.8, 4) is 5.88 Å². The molecule has 116 valence electrons. The second-order valence-electron chi connectivity index (χ2n) is 5.15. The average molecular weight is 299 g/mol. The number of ether oxygens (including phenoxy) is 1. The Kier molecular flexibility index (Phi) is 5.36. The molecule has 0 aliphatic carbocycles. The molecule has 1 aromatic carbocycles. The molecule has 5 heteroatoms. The molecule has 22 heavy (non-hydrogen) atoms. The largest absolute Gasteiger partial charge is 0.481 e. The van der Waals surface area contributed by atoms with Crippen molar-refractivity contribution < 1.29 is 9.53 Å². The van der Waals surface area contributed by atoms with E-state index in [1.165, 1.54) is 5.56 Å². The van der Waals surface area contributed by atoms with Crippen LogP contribution in [0.2, 0.25) is 0 Å². The minimum Gasteiger partial charge on any atom is -0.481 e. The summed E-state index contributed by atoms with van der Waals surface area (Å²) in [6.07, 6.45) is 1.69. The van der Waals surface area contributed by atoms with Crippen LogP contribution >= 0.6 is 0 Å². The van der Waals surface area contributed by atoms with E-state index in [4.69, 9.17) is 4.74 Å². The lowest BCUT2D eigenvalue weighted by Gasteiger charge is -2.19. The Bertz CT molecular complexity index is 626. The molecule has 5 nitrogen and oxygen atoms in total. The lowest BCUT2D eigenvalue weighted by atomic mass is 10.1. The van der Waals surface area contributed by atoms with E-state index >= 15 is 0 Å². The molecule has 1 aromatic heterocycles. The van der Waals surface area contributed by atoms with E-state index in [9.17, 15) is 4.79 Å². The van der Waals surface area contributed by atoms with Crippen LogP contribution in [0.1, 0.15) is 16.7 Å². The lowest BCUT2D eigenvalue weighted by molar-refractivity contribution is 0.206. The Balaban J connectivity index is 1.87. The minimum absolute atomic E-state index is 0.112. The van der Waals surface area contributed by atoms with Crippen molar-refractivity contribution in [2.75, 3.05) is 14.2 Å². The fraction of sp³-hybridized carbons (Fsp3) is 0.294. The molecule has 1 N–H and O–H groups in total. The molecular formula is C17H21N3O2. The summed E-state index contributed by atoms with van der Waals surface area (Å²) in [5.41, 5.74) is 3.26. The summed E-state index contributed by atoms with van der Waals surface area (Å²) in [6, 6.07) is 11.6. The third-order valence-electron chi connectivity index (χ3n) is 3.47. The highest BCUT2D eigenvalue weighted by Gasteiger charge is 2.09. The monoisotopic (exact) mass is 299 g/mol. The molecule has 0 atom stereocenters. The van der Waals surface area contributed by atoms with Gasteiger partial charge in [0.05, 0.1) is 7.11 Å². The lowest BCUT2D eigenvalue weighted by Crippen LogP contribution is -2.36. The van der Waals surface area contributed by atoms with Crippen LogP contribution in [-0.2, 0) is 13.1 Å². The Morgan fingerprint density at radius 1 is 1.27 bits per heavy atom. The molecule has 0 unspecified atom stereocenters. The topological polar surface area (TPSA) is 54.5 Å². The molecule has 0 aliphatic rings. The summed E-state index contributed by atoms with van der Waals surface area (Å²) in [7, 11) is 3.36. The van der Waals surface area contributed by atoms with Crippen LogP contribution in [0.5, 0.6) is 5.88 Å². The van der Waals surface area contributed by atoms with E-state index in [-0.39, 0.29) is 6.03 Å². The van der Waals surface area contributed by atoms with E-state index in [2.05, 4.69) is 10.3 Å². The Hall–Kier alpha value is -2.56. The number of nitrogens with one attached hydrogen (secondary N) is 1. The molecule has 0 aliphatic heterocycles. The summed E-state index contributed by atoms with van der Waals surface area (Å²) in [5, 5.41) is 2.88. The Morgan fingerprint density at radius 2 is 2.05 bits per heavy atom. The van der Waals surface area contributed by atoms with Gasteiger partial charge in [-0.15, -0.1) is 0 Å². The summed E-state index contributed by atoms with van der Waals surface area (Å²) in [6.45, 7) is 3.07. The predicted molar refractivity (Wildman–Crippen MR) is 85.7 cm³/mol. The summed E-state index contributed by atoms with van der Waals surface area (Å²) >= 11 is 0. The van der Waals surface area contributed by atoms with Crippen LogP contribution < -0.4 is 10.1 Å². The fourth-order valence-electron chi connectivity index (χ4n) is 2.06. The summed E-state index contributed by atoms with van der Waals surface area (Å²) in [4.78, 5) is 17.9. The van der Waals surface area contributed by atoms with Gasteiger partial charge in [-0.1, -0.05) is 30.3 Å². The van der Waals surface area contributed by atoms with E-state index in [0.717, 1.165) is 11.1 Å². The van der Waals surface area contributed by atoms with Gasteiger partial charge in [0.25, 0.3) is 0 Å². The number of methoxy groups -OCH3 is 1. The molecule has 0 fully saturated rings. The number of nitrogens with zero attached hydrogens (tertiary/aromatic N) is 2. The van der Waals surface area contributed by atoms with Gasteiger partial charge in [0.1, 0.15) is 0 Å². The van der Waals surface area contributed by atoms with Gasteiger partial charge in [0.15, 0.2) is 0 Å². The highest BCUT2D eigenvalue weighted by Crippen LogP contribution is 2.10. The first-order chi connectivity index (χ1) is 10.6.